The number of anilines is 1. The molecular weight excluding hydrogens is 373 g/mol. The number of nitrogens with zero attached hydrogens (tertiary/aromatic N) is 3. The summed E-state index contributed by atoms with van der Waals surface area (Å²) < 4.78 is 6.27. The Balaban J connectivity index is 1.56. The number of carbonyl (C=O) groups is 1. The summed E-state index contributed by atoms with van der Waals surface area (Å²) in [6, 6.07) is 5.21. The van der Waals surface area contributed by atoms with Crippen molar-refractivity contribution in [2.24, 2.45) is 0 Å². The zero-order chi connectivity index (χ0) is 18.5. The molecule has 0 amide bonds. The first-order valence-corrected chi connectivity index (χ1v) is 9.39. The Morgan fingerprint density at radius 2 is 1.73 bits per heavy atom. The minimum Gasteiger partial charge on any atom is -0.484 e. The lowest BCUT2D eigenvalue weighted by Gasteiger charge is -2.44. The smallest absolute Gasteiger partial charge is 0.225 e. The number of fused-ring (bicyclic) bond motifs is 1. The van der Waals surface area contributed by atoms with Gasteiger partial charge in [-0.2, -0.15) is 0 Å². The van der Waals surface area contributed by atoms with Crippen molar-refractivity contribution < 1.29 is 9.53 Å². The number of carbonyl (C=O) groups excluding carboxylic acids is 1. The molecule has 4 rings (SSSR count). The maximum atomic E-state index is 12.7. The molecule has 0 unspecified atom stereocenters. The number of hydrogen-bond donors (Lipinski definition) is 0. The van der Waals surface area contributed by atoms with E-state index in [1.807, 2.05) is 19.9 Å². The number of ether oxygens (including phenoxy) is 1. The van der Waals surface area contributed by atoms with Crippen molar-refractivity contribution in [3.63, 3.8) is 0 Å². The Bertz CT molecular complexity index is 872. The SMILES string of the molecule is Cc1cc(C)nc(N2CCC3(CC2)CC(=O)c2cc(Cl)cc(Cl)c2O3)n1. The van der Waals surface area contributed by atoms with Gasteiger partial charge < -0.3 is 9.64 Å². The molecule has 1 spiro atoms. The van der Waals surface area contributed by atoms with Crippen LogP contribution in [0.5, 0.6) is 5.75 Å². The van der Waals surface area contributed by atoms with Crippen molar-refractivity contribution in [3.8, 4) is 5.75 Å². The molecule has 2 aromatic rings. The molecule has 2 aliphatic rings. The van der Waals surface area contributed by atoms with Gasteiger partial charge in [-0.1, -0.05) is 23.2 Å². The van der Waals surface area contributed by atoms with Crippen LogP contribution in [-0.2, 0) is 0 Å². The number of ketones is 1. The minimum absolute atomic E-state index is 0.0340. The highest BCUT2D eigenvalue weighted by molar-refractivity contribution is 6.36. The maximum Gasteiger partial charge on any atom is 0.225 e. The Kier molecular flexibility index (Phi) is 4.32. The summed E-state index contributed by atoms with van der Waals surface area (Å²) in [6.07, 6.45) is 1.78. The fraction of sp³-hybridized carbons (Fsp3) is 0.421. The molecule has 1 fully saturated rings. The van der Waals surface area contributed by atoms with Gasteiger partial charge in [0.1, 0.15) is 11.4 Å². The zero-order valence-electron chi connectivity index (χ0n) is 14.7. The molecule has 3 heterocycles. The third-order valence-electron chi connectivity index (χ3n) is 5.04. The van der Waals surface area contributed by atoms with E-state index in [0.717, 1.165) is 30.4 Å². The molecule has 1 aromatic carbocycles. The summed E-state index contributed by atoms with van der Waals surface area (Å²) in [7, 11) is 0. The highest BCUT2D eigenvalue weighted by Crippen LogP contribution is 2.44. The molecule has 0 bridgehead atoms. The molecule has 0 N–H and O–H groups in total. The lowest BCUT2D eigenvalue weighted by Crippen LogP contribution is -2.51. The summed E-state index contributed by atoms with van der Waals surface area (Å²) in [6.45, 7) is 5.40. The van der Waals surface area contributed by atoms with Crippen LogP contribution in [0.25, 0.3) is 0 Å². The van der Waals surface area contributed by atoms with Gasteiger partial charge in [-0.05, 0) is 32.0 Å². The monoisotopic (exact) mass is 391 g/mol. The zero-order valence-corrected chi connectivity index (χ0v) is 16.2. The van der Waals surface area contributed by atoms with Gasteiger partial charge in [0.05, 0.1) is 17.0 Å². The van der Waals surface area contributed by atoms with Crippen LogP contribution in [-0.4, -0.2) is 34.4 Å². The van der Waals surface area contributed by atoms with Gasteiger partial charge in [0, 0.05) is 42.3 Å². The van der Waals surface area contributed by atoms with E-state index in [2.05, 4.69) is 14.9 Å². The fourth-order valence-electron chi connectivity index (χ4n) is 3.75. The Morgan fingerprint density at radius 3 is 2.38 bits per heavy atom. The Labute approximate surface area is 162 Å². The lowest BCUT2D eigenvalue weighted by molar-refractivity contribution is 0.0231. The van der Waals surface area contributed by atoms with Crippen LogP contribution in [0.1, 0.15) is 41.0 Å². The number of benzene rings is 1. The number of Topliss-reactive ketones (excluding diaryl/α,β-unsaturated/α-hetero) is 1. The Morgan fingerprint density at radius 1 is 1.08 bits per heavy atom. The highest BCUT2D eigenvalue weighted by Gasteiger charge is 2.44. The van der Waals surface area contributed by atoms with Crippen LogP contribution < -0.4 is 9.64 Å². The third kappa shape index (κ3) is 3.14. The van der Waals surface area contributed by atoms with E-state index in [1.54, 1.807) is 12.1 Å². The van der Waals surface area contributed by atoms with Gasteiger partial charge in [-0.15, -0.1) is 0 Å². The van der Waals surface area contributed by atoms with Gasteiger partial charge in [-0.25, -0.2) is 9.97 Å². The van der Waals surface area contributed by atoms with Crippen LogP contribution in [0.2, 0.25) is 10.0 Å². The van der Waals surface area contributed by atoms with E-state index in [4.69, 9.17) is 27.9 Å². The number of halogens is 2. The summed E-state index contributed by atoms with van der Waals surface area (Å²) in [5, 5.41) is 0.837. The number of rotatable bonds is 1. The van der Waals surface area contributed by atoms with Crippen molar-refractivity contribution in [1.29, 1.82) is 0 Å². The van der Waals surface area contributed by atoms with Crippen LogP contribution in [0.15, 0.2) is 18.2 Å². The lowest BCUT2D eigenvalue weighted by atomic mass is 9.82. The average Bonchev–Trinajstić information content (AvgIpc) is 2.56. The second-order valence-electron chi connectivity index (χ2n) is 7.09. The molecule has 0 saturated carbocycles. The third-order valence-corrected chi connectivity index (χ3v) is 5.54. The van der Waals surface area contributed by atoms with Gasteiger partial charge in [-0.3, -0.25) is 4.79 Å². The molecule has 136 valence electrons. The summed E-state index contributed by atoms with van der Waals surface area (Å²) in [5.41, 5.74) is 1.87. The normalized spacial score (nSPS) is 18.6. The minimum atomic E-state index is -0.517. The number of piperidine rings is 1. The predicted octanol–water partition coefficient (Wildman–Crippen LogP) is 4.40. The average molecular weight is 392 g/mol. The number of aryl methyl sites for hydroxylation is 2. The van der Waals surface area contributed by atoms with Crippen molar-refractivity contribution in [2.75, 3.05) is 18.0 Å². The molecule has 0 radical (unpaired) electrons. The Hall–Kier alpha value is -1.85. The maximum absolute atomic E-state index is 12.7. The van der Waals surface area contributed by atoms with Crippen LogP contribution in [0.3, 0.4) is 0 Å². The standard InChI is InChI=1S/C19H19Cl2N3O2/c1-11-7-12(2)23-18(22-11)24-5-3-19(4-6-24)10-16(25)14-8-13(20)9-15(21)17(14)26-19/h7-9H,3-6,10H2,1-2H3. The predicted molar refractivity (Wildman–Crippen MR) is 102 cm³/mol. The molecule has 7 heteroatoms. The van der Waals surface area contributed by atoms with Crippen molar-refractivity contribution in [1.82, 2.24) is 9.97 Å². The molecule has 5 nitrogen and oxygen atoms in total. The first-order valence-electron chi connectivity index (χ1n) is 8.64. The largest absolute Gasteiger partial charge is 0.484 e. The van der Waals surface area contributed by atoms with E-state index in [1.165, 1.54) is 0 Å². The molecule has 1 saturated heterocycles. The number of hydrogen-bond acceptors (Lipinski definition) is 5. The quantitative estimate of drug-likeness (QED) is 0.720. The first-order chi connectivity index (χ1) is 12.3. The van der Waals surface area contributed by atoms with Gasteiger partial charge in [0.2, 0.25) is 5.95 Å². The van der Waals surface area contributed by atoms with Crippen LogP contribution in [0, 0.1) is 13.8 Å². The summed E-state index contributed by atoms with van der Waals surface area (Å²) in [5.74, 6) is 1.24. The molecule has 0 aliphatic carbocycles. The second-order valence-corrected chi connectivity index (χ2v) is 7.93. The number of aromatic nitrogens is 2. The van der Waals surface area contributed by atoms with Crippen LogP contribution in [0.4, 0.5) is 5.95 Å². The van der Waals surface area contributed by atoms with Gasteiger partial charge in [0.15, 0.2) is 5.78 Å². The van der Waals surface area contributed by atoms with Crippen LogP contribution >= 0.6 is 23.2 Å². The molecule has 2 aliphatic heterocycles. The van der Waals surface area contributed by atoms with E-state index >= 15 is 0 Å². The molecule has 26 heavy (non-hydrogen) atoms. The van der Waals surface area contributed by atoms with Gasteiger partial charge in [0.25, 0.3) is 0 Å². The van der Waals surface area contributed by atoms with E-state index in [0.29, 0.717) is 40.6 Å². The van der Waals surface area contributed by atoms with Crippen molar-refractivity contribution in [3.05, 3.63) is 45.2 Å². The van der Waals surface area contributed by atoms with Crippen molar-refractivity contribution >= 4 is 34.9 Å². The van der Waals surface area contributed by atoms with Crippen molar-refractivity contribution in [2.45, 2.75) is 38.7 Å². The summed E-state index contributed by atoms with van der Waals surface area (Å²) >= 11 is 12.3. The first kappa shape index (κ1) is 17.6. The molecule has 1 aromatic heterocycles. The van der Waals surface area contributed by atoms with E-state index < -0.39 is 5.60 Å². The highest BCUT2D eigenvalue weighted by atomic mass is 35.5. The van der Waals surface area contributed by atoms with E-state index in [9.17, 15) is 4.79 Å². The van der Waals surface area contributed by atoms with E-state index in [-0.39, 0.29) is 5.78 Å². The summed E-state index contributed by atoms with van der Waals surface area (Å²) in [4.78, 5) is 23.9. The second kappa shape index (κ2) is 6.39. The molecule has 0 atom stereocenters. The van der Waals surface area contributed by atoms with Gasteiger partial charge >= 0.3 is 0 Å². The fourth-order valence-corrected chi connectivity index (χ4v) is 4.29. The topological polar surface area (TPSA) is 55.3 Å². The molecular formula is C19H19Cl2N3O2.